The van der Waals surface area contributed by atoms with E-state index in [1.54, 1.807) is 0 Å². The molecule has 9 heteroatoms. The van der Waals surface area contributed by atoms with Crippen LogP contribution >= 0.6 is 11.6 Å². The molecule has 2 rings (SSSR count). The molecule has 0 amide bonds. The summed E-state index contributed by atoms with van der Waals surface area (Å²) in [7, 11) is -3.67. The molecule has 0 saturated carbocycles. The number of hydrogen-bond acceptors (Lipinski definition) is 4. The number of benzene rings is 1. The Morgan fingerprint density at radius 1 is 1.40 bits per heavy atom. The Labute approximate surface area is 118 Å². The van der Waals surface area contributed by atoms with E-state index < -0.39 is 27.1 Å². The monoisotopic (exact) mass is 315 g/mol. The van der Waals surface area contributed by atoms with Crippen molar-refractivity contribution in [3.8, 4) is 0 Å². The SMILES string of the molecule is [N-]=[N+]=Nc1c(F)ccc(CS(=O)(=O)c2ccoc2)c1Cl. The maximum absolute atomic E-state index is 13.4. The van der Waals surface area contributed by atoms with Crippen molar-refractivity contribution in [3.63, 3.8) is 0 Å². The first-order valence-electron chi connectivity index (χ1n) is 5.22. The summed E-state index contributed by atoms with van der Waals surface area (Å²) < 4.78 is 42.2. The van der Waals surface area contributed by atoms with Crippen molar-refractivity contribution in [2.75, 3.05) is 0 Å². The van der Waals surface area contributed by atoms with Gasteiger partial charge in [0.25, 0.3) is 0 Å². The lowest BCUT2D eigenvalue weighted by Gasteiger charge is -2.07. The van der Waals surface area contributed by atoms with Crippen molar-refractivity contribution in [3.05, 3.63) is 57.6 Å². The quantitative estimate of drug-likeness (QED) is 0.484. The maximum atomic E-state index is 13.4. The highest BCUT2D eigenvalue weighted by Crippen LogP contribution is 2.33. The Kier molecular flexibility index (Phi) is 3.99. The van der Waals surface area contributed by atoms with E-state index in [1.165, 1.54) is 18.4 Å². The van der Waals surface area contributed by atoms with E-state index in [4.69, 9.17) is 21.5 Å². The van der Waals surface area contributed by atoms with Gasteiger partial charge in [-0.1, -0.05) is 22.8 Å². The predicted molar refractivity (Wildman–Crippen MR) is 69.8 cm³/mol. The fourth-order valence-electron chi connectivity index (χ4n) is 1.55. The van der Waals surface area contributed by atoms with Crippen molar-refractivity contribution in [2.24, 2.45) is 5.11 Å². The van der Waals surface area contributed by atoms with Gasteiger partial charge in [-0.2, -0.15) is 0 Å². The van der Waals surface area contributed by atoms with Gasteiger partial charge in [0.2, 0.25) is 0 Å². The molecule has 6 nitrogen and oxygen atoms in total. The minimum Gasteiger partial charge on any atom is -0.471 e. The van der Waals surface area contributed by atoms with Crippen molar-refractivity contribution in [1.82, 2.24) is 0 Å². The summed E-state index contributed by atoms with van der Waals surface area (Å²) in [4.78, 5) is 2.44. The molecule has 104 valence electrons. The summed E-state index contributed by atoms with van der Waals surface area (Å²) in [5.41, 5.74) is 8.06. The van der Waals surface area contributed by atoms with Crippen LogP contribution in [0.1, 0.15) is 5.56 Å². The van der Waals surface area contributed by atoms with Gasteiger partial charge in [0, 0.05) is 4.91 Å². The second kappa shape index (κ2) is 5.54. The van der Waals surface area contributed by atoms with Crippen molar-refractivity contribution >= 4 is 27.1 Å². The molecule has 0 unspecified atom stereocenters. The molecule has 0 aliphatic carbocycles. The minimum atomic E-state index is -3.67. The average Bonchev–Trinajstić information content (AvgIpc) is 2.93. The van der Waals surface area contributed by atoms with Crippen molar-refractivity contribution < 1.29 is 17.2 Å². The maximum Gasteiger partial charge on any atom is 0.185 e. The largest absolute Gasteiger partial charge is 0.471 e. The molecule has 0 aliphatic rings. The van der Waals surface area contributed by atoms with Crippen molar-refractivity contribution in [1.29, 1.82) is 0 Å². The van der Waals surface area contributed by atoms with Gasteiger partial charge in [-0.05, 0) is 23.2 Å². The summed E-state index contributed by atoms with van der Waals surface area (Å²) in [6, 6.07) is 3.52. The minimum absolute atomic E-state index is 0.0109. The smallest absolute Gasteiger partial charge is 0.185 e. The van der Waals surface area contributed by atoms with E-state index in [1.807, 2.05) is 0 Å². The number of nitrogens with zero attached hydrogens (tertiary/aromatic N) is 3. The van der Waals surface area contributed by atoms with Gasteiger partial charge in [-0.15, -0.1) is 0 Å². The van der Waals surface area contributed by atoms with Crippen LogP contribution in [0.3, 0.4) is 0 Å². The zero-order valence-electron chi connectivity index (χ0n) is 9.82. The molecule has 0 aliphatic heterocycles. The number of halogens is 2. The molecule has 0 bridgehead atoms. The highest BCUT2D eigenvalue weighted by Gasteiger charge is 2.20. The van der Waals surface area contributed by atoms with Crippen LogP contribution < -0.4 is 0 Å². The normalized spacial score (nSPS) is 11.1. The van der Waals surface area contributed by atoms with E-state index in [0.717, 1.165) is 12.3 Å². The summed E-state index contributed by atoms with van der Waals surface area (Å²) in [5.74, 6) is -1.28. The van der Waals surface area contributed by atoms with E-state index >= 15 is 0 Å². The van der Waals surface area contributed by atoms with Crippen molar-refractivity contribution in [2.45, 2.75) is 10.6 Å². The zero-order chi connectivity index (χ0) is 14.8. The summed E-state index contributed by atoms with van der Waals surface area (Å²) in [6.07, 6.45) is 2.31. The molecular weight excluding hydrogens is 309 g/mol. The van der Waals surface area contributed by atoms with E-state index in [0.29, 0.717) is 0 Å². The first kappa shape index (κ1) is 14.4. The lowest BCUT2D eigenvalue weighted by molar-refractivity contribution is 0.556. The molecule has 0 saturated heterocycles. The van der Waals surface area contributed by atoms with Gasteiger partial charge >= 0.3 is 0 Å². The van der Waals surface area contributed by atoms with Gasteiger partial charge < -0.3 is 4.42 Å². The number of hydrogen-bond donors (Lipinski definition) is 0. The third-order valence-electron chi connectivity index (χ3n) is 2.49. The first-order valence-corrected chi connectivity index (χ1v) is 7.25. The molecule has 1 aromatic carbocycles. The average molecular weight is 316 g/mol. The van der Waals surface area contributed by atoms with E-state index in [2.05, 4.69) is 10.0 Å². The Morgan fingerprint density at radius 2 is 2.15 bits per heavy atom. The third kappa shape index (κ3) is 2.77. The van der Waals surface area contributed by atoms with Crippen LogP contribution in [0.15, 0.2) is 45.2 Å². The fraction of sp³-hybridized carbons (Fsp3) is 0.0909. The molecule has 0 N–H and O–H groups in total. The van der Waals surface area contributed by atoms with Crippen LogP contribution in [0, 0.1) is 5.82 Å². The molecule has 1 aromatic heterocycles. The lowest BCUT2D eigenvalue weighted by Crippen LogP contribution is -2.04. The number of rotatable bonds is 4. The topological polar surface area (TPSA) is 96.0 Å². The van der Waals surface area contributed by atoms with Crippen LogP contribution in [0.5, 0.6) is 0 Å². The van der Waals surface area contributed by atoms with Gasteiger partial charge in [0.05, 0.1) is 22.7 Å². The zero-order valence-corrected chi connectivity index (χ0v) is 11.4. The van der Waals surface area contributed by atoms with E-state index in [-0.39, 0.29) is 15.5 Å². The van der Waals surface area contributed by atoms with Crippen LogP contribution in [-0.4, -0.2) is 8.42 Å². The van der Waals surface area contributed by atoms with Crippen LogP contribution in [0.4, 0.5) is 10.1 Å². The van der Waals surface area contributed by atoms with Gasteiger partial charge in [-0.3, -0.25) is 0 Å². The summed E-state index contributed by atoms with van der Waals surface area (Å²) >= 11 is 5.87. The molecule has 2 aromatic rings. The van der Waals surface area contributed by atoms with Crippen LogP contribution in [-0.2, 0) is 15.6 Å². The second-order valence-corrected chi connectivity index (χ2v) is 6.14. The first-order chi connectivity index (χ1) is 9.45. The predicted octanol–water partition coefficient (Wildman–Crippen LogP) is 3.99. The summed E-state index contributed by atoms with van der Waals surface area (Å²) in [5, 5.41) is 2.89. The van der Waals surface area contributed by atoms with Gasteiger partial charge in [-0.25, -0.2) is 12.8 Å². The molecule has 0 fully saturated rings. The Morgan fingerprint density at radius 3 is 2.75 bits per heavy atom. The molecule has 0 atom stereocenters. The molecule has 0 radical (unpaired) electrons. The number of furan rings is 1. The van der Waals surface area contributed by atoms with E-state index in [9.17, 15) is 12.8 Å². The van der Waals surface area contributed by atoms with Gasteiger partial charge in [0.15, 0.2) is 9.84 Å². The fourth-order valence-corrected chi connectivity index (χ4v) is 3.17. The number of azide groups is 1. The third-order valence-corrected chi connectivity index (χ3v) is 4.55. The van der Waals surface area contributed by atoms with Crippen LogP contribution in [0.2, 0.25) is 5.02 Å². The highest BCUT2D eigenvalue weighted by atomic mass is 35.5. The Balaban J connectivity index is 2.45. The lowest BCUT2D eigenvalue weighted by atomic mass is 10.2. The Hall–Kier alpha value is -2.02. The standard InChI is InChI=1S/C11H7ClFN3O3S/c12-10-7(1-2-9(13)11(10)15-16-14)6-20(17,18)8-3-4-19-5-8/h1-5H,6H2. The molecule has 1 heterocycles. The second-order valence-electron chi connectivity index (χ2n) is 3.78. The molecule has 20 heavy (non-hydrogen) atoms. The van der Waals surface area contributed by atoms with Gasteiger partial charge in [0.1, 0.15) is 17.0 Å². The number of sulfone groups is 1. The highest BCUT2D eigenvalue weighted by molar-refractivity contribution is 7.90. The molecular formula is C11H7ClFN3O3S. The summed E-state index contributed by atoms with van der Waals surface area (Å²) in [6.45, 7) is 0. The Bertz CT molecular complexity index is 783. The molecule has 0 spiro atoms. The van der Waals surface area contributed by atoms with Crippen LogP contribution in [0.25, 0.3) is 10.4 Å².